The third-order valence-corrected chi connectivity index (χ3v) is 3.99. The molecule has 3 rings (SSSR count). The average molecular weight is 273 g/mol. The summed E-state index contributed by atoms with van der Waals surface area (Å²) in [6.45, 7) is 0. The average Bonchev–Trinajstić information content (AvgIpc) is 2.79. The van der Waals surface area contributed by atoms with Gasteiger partial charge in [-0.1, -0.05) is 29.4 Å². The molecule has 2 aromatic rings. The fourth-order valence-corrected chi connectivity index (χ4v) is 3.06. The van der Waals surface area contributed by atoms with Gasteiger partial charge in [0.05, 0.1) is 11.9 Å². The number of H-pyrrole nitrogens is 1. The fourth-order valence-electron chi connectivity index (χ4n) is 2.74. The Bertz CT molecular complexity index is 671. The van der Waals surface area contributed by atoms with Gasteiger partial charge in [0.1, 0.15) is 0 Å². The Balaban J connectivity index is 1.91. The predicted octanol–water partition coefficient (Wildman–Crippen LogP) is 3.08. The number of nitrogens with zero attached hydrogens (tertiary/aromatic N) is 2. The molecule has 0 spiro atoms. The van der Waals surface area contributed by atoms with Gasteiger partial charge in [-0.25, -0.2) is 0 Å². The summed E-state index contributed by atoms with van der Waals surface area (Å²) in [6.07, 6.45) is 6.44. The lowest BCUT2D eigenvalue weighted by atomic mass is 9.88. The van der Waals surface area contributed by atoms with E-state index in [0.29, 0.717) is 10.8 Å². The molecule has 0 fully saturated rings. The smallest absolute Gasteiger partial charge is 0.177 e. The van der Waals surface area contributed by atoms with E-state index in [2.05, 4.69) is 39.0 Å². The number of aromatic amines is 1. The summed E-state index contributed by atoms with van der Waals surface area (Å²) in [6, 6.07) is 8.94. The van der Waals surface area contributed by atoms with Gasteiger partial charge in [-0.15, -0.1) is 0 Å². The van der Waals surface area contributed by atoms with Gasteiger partial charge in [-0.3, -0.25) is 0 Å². The molecule has 1 atom stereocenters. The van der Waals surface area contributed by atoms with Crippen LogP contribution >= 0.6 is 12.2 Å². The maximum absolute atomic E-state index is 8.57. The molecular formula is C14H15N3OS. The van der Waals surface area contributed by atoms with Crippen LogP contribution in [0.15, 0.2) is 35.6 Å². The largest absolute Gasteiger partial charge is 0.411 e. The highest BCUT2D eigenvalue weighted by atomic mass is 32.1. The van der Waals surface area contributed by atoms with Crippen molar-refractivity contribution in [1.29, 1.82) is 0 Å². The highest BCUT2D eigenvalue weighted by Crippen LogP contribution is 2.29. The first-order chi connectivity index (χ1) is 9.28. The van der Waals surface area contributed by atoms with Crippen molar-refractivity contribution in [3.05, 3.63) is 52.1 Å². The standard InChI is InChI=1S/C14H15N3OS/c18-15-8-12-9-17(14(19)16-12)13-6-5-10-3-1-2-4-11(10)7-13/h1-4,8-9,13,18H,5-7H2,(H,16,19). The second-order valence-electron chi connectivity index (χ2n) is 4.83. The van der Waals surface area contributed by atoms with Gasteiger partial charge in [-0.05, 0) is 42.6 Å². The number of aromatic nitrogens is 2. The minimum atomic E-state index is 0.375. The molecule has 1 aliphatic rings. The van der Waals surface area contributed by atoms with Crippen molar-refractivity contribution in [2.75, 3.05) is 0 Å². The summed E-state index contributed by atoms with van der Waals surface area (Å²) in [5, 5.41) is 11.6. The molecule has 2 N–H and O–H groups in total. The van der Waals surface area contributed by atoms with Crippen LogP contribution in [-0.4, -0.2) is 21.0 Å². The number of rotatable bonds is 2. The molecule has 1 heterocycles. The number of hydrogen-bond acceptors (Lipinski definition) is 3. The molecule has 4 nitrogen and oxygen atoms in total. The van der Waals surface area contributed by atoms with E-state index < -0.39 is 0 Å². The molecule has 1 aromatic heterocycles. The van der Waals surface area contributed by atoms with Crippen LogP contribution in [0.25, 0.3) is 0 Å². The molecule has 19 heavy (non-hydrogen) atoms. The first-order valence-electron chi connectivity index (χ1n) is 6.33. The number of aryl methyl sites for hydroxylation is 1. The molecule has 5 heteroatoms. The maximum atomic E-state index is 8.57. The van der Waals surface area contributed by atoms with Gasteiger partial charge >= 0.3 is 0 Å². The lowest BCUT2D eigenvalue weighted by Gasteiger charge is -2.25. The molecule has 0 bridgehead atoms. The van der Waals surface area contributed by atoms with Crippen LogP contribution in [0.5, 0.6) is 0 Å². The van der Waals surface area contributed by atoms with E-state index in [1.165, 1.54) is 17.3 Å². The Labute approximate surface area is 116 Å². The van der Waals surface area contributed by atoms with E-state index in [9.17, 15) is 0 Å². The number of nitrogens with one attached hydrogen (secondary N) is 1. The number of hydrogen-bond donors (Lipinski definition) is 2. The Morgan fingerprint density at radius 1 is 1.37 bits per heavy atom. The van der Waals surface area contributed by atoms with Crippen LogP contribution < -0.4 is 0 Å². The highest BCUT2D eigenvalue weighted by Gasteiger charge is 2.20. The van der Waals surface area contributed by atoms with Gasteiger partial charge < -0.3 is 14.8 Å². The summed E-state index contributed by atoms with van der Waals surface area (Å²) < 4.78 is 2.75. The van der Waals surface area contributed by atoms with Crippen LogP contribution in [0.3, 0.4) is 0 Å². The summed E-state index contributed by atoms with van der Waals surface area (Å²) >= 11 is 5.33. The zero-order chi connectivity index (χ0) is 13.2. The molecule has 1 aliphatic carbocycles. The SMILES string of the molecule is ON=Cc1cn(C2CCc3ccccc3C2)c(=S)[nH]1. The van der Waals surface area contributed by atoms with E-state index in [4.69, 9.17) is 17.4 Å². The molecule has 0 aliphatic heterocycles. The third kappa shape index (κ3) is 2.33. The van der Waals surface area contributed by atoms with Crippen molar-refractivity contribution in [3.63, 3.8) is 0 Å². The van der Waals surface area contributed by atoms with E-state index in [1.807, 2.05) is 6.20 Å². The Kier molecular flexibility index (Phi) is 3.21. The van der Waals surface area contributed by atoms with E-state index in [1.54, 1.807) is 0 Å². The molecule has 0 saturated carbocycles. The van der Waals surface area contributed by atoms with Gasteiger partial charge in [0.15, 0.2) is 4.77 Å². The van der Waals surface area contributed by atoms with Crippen molar-refractivity contribution < 1.29 is 5.21 Å². The van der Waals surface area contributed by atoms with Crippen LogP contribution in [0, 0.1) is 4.77 Å². The third-order valence-electron chi connectivity index (χ3n) is 3.67. The molecule has 0 saturated heterocycles. The van der Waals surface area contributed by atoms with Crippen LogP contribution in [-0.2, 0) is 12.8 Å². The second kappa shape index (κ2) is 5.01. The van der Waals surface area contributed by atoms with E-state index in [-0.39, 0.29) is 0 Å². The fraction of sp³-hybridized carbons (Fsp3) is 0.286. The van der Waals surface area contributed by atoms with E-state index >= 15 is 0 Å². The lowest BCUT2D eigenvalue weighted by molar-refractivity contribution is 0.321. The Morgan fingerprint density at radius 3 is 2.95 bits per heavy atom. The van der Waals surface area contributed by atoms with Gasteiger partial charge in [0, 0.05) is 12.2 Å². The lowest BCUT2D eigenvalue weighted by Crippen LogP contribution is -2.18. The van der Waals surface area contributed by atoms with Gasteiger partial charge in [-0.2, -0.15) is 0 Å². The maximum Gasteiger partial charge on any atom is 0.177 e. The number of oxime groups is 1. The van der Waals surface area contributed by atoms with Crippen molar-refractivity contribution in [2.45, 2.75) is 25.3 Å². The second-order valence-corrected chi connectivity index (χ2v) is 5.22. The van der Waals surface area contributed by atoms with E-state index in [0.717, 1.165) is 25.0 Å². The topological polar surface area (TPSA) is 53.3 Å². The number of imidazole rings is 1. The summed E-state index contributed by atoms with van der Waals surface area (Å²) in [7, 11) is 0. The van der Waals surface area contributed by atoms with Gasteiger partial charge in [0.25, 0.3) is 0 Å². The van der Waals surface area contributed by atoms with Crippen LogP contribution in [0.4, 0.5) is 0 Å². The van der Waals surface area contributed by atoms with Crippen LogP contribution in [0.1, 0.15) is 29.3 Å². The van der Waals surface area contributed by atoms with Crippen molar-refractivity contribution in [1.82, 2.24) is 9.55 Å². The Morgan fingerprint density at radius 2 is 2.16 bits per heavy atom. The zero-order valence-electron chi connectivity index (χ0n) is 10.4. The minimum absolute atomic E-state index is 0.375. The van der Waals surface area contributed by atoms with Crippen molar-refractivity contribution in [2.24, 2.45) is 5.16 Å². The monoisotopic (exact) mass is 273 g/mol. The van der Waals surface area contributed by atoms with Crippen molar-refractivity contribution >= 4 is 18.4 Å². The minimum Gasteiger partial charge on any atom is -0.411 e. The normalized spacial score (nSPS) is 18.6. The summed E-state index contributed by atoms with van der Waals surface area (Å²) in [5.41, 5.74) is 3.57. The number of fused-ring (bicyclic) bond motifs is 1. The summed E-state index contributed by atoms with van der Waals surface area (Å²) in [5.74, 6) is 0. The van der Waals surface area contributed by atoms with Gasteiger partial charge in [0.2, 0.25) is 0 Å². The molecule has 0 amide bonds. The molecule has 98 valence electrons. The molecule has 1 aromatic carbocycles. The quantitative estimate of drug-likeness (QED) is 0.382. The first kappa shape index (κ1) is 12.2. The molecular weight excluding hydrogens is 258 g/mol. The number of benzene rings is 1. The van der Waals surface area contributed by atoms with Crippen molar-refractivity contribution in [3.8, 4) is 0 Å². The zero-order valence-corrected chi connectivity index (χ0v) is 11.2. The molecule has 0 radical (unpaired) electrons. The molecule has 1 unspecified atom stereocenters. The first-order valence-corrected chi connectivity index (χ1v) is 6.74. The summed E-state index contributed by atoms with van der Waals surface area (Å²) in [4.78, 5) is 3.04. The van der Waals surface area contributed by atoms with Crippen LogP contribution in [0.2, 0.25) is 0 Å². The predicted molar refractivity (Wildman–Crippen MR) is 76.5 cm³/mol. The highest BCUT2D eigenvalue weighted by molar-refractivity contribution is 7.71. The Hall–Kier alpha value is -1.88.